The smallest absolute Gasteiger partial charge is 0.0995 e. The molecule has 2 heterocycles. The molecule has 5 heteroatoms. The summed E-state index contributed by atoms with van der Waals surface area (Å²) in [4.78, 5) is 12.6. The molecule has 1 unspecified atom stereocenters. The van der Waals surface area contributed by atoms with Gasteiger partial charge in [-0.05, 0) is 25.3 Å². The van der Waals surface area contributed by atoms with Gasteiger partial charge in [-0.1, -0.05) is 25.1 Å². The third-order valence-corrected chi connectivity index (χ3v) is 4.38. The summed E-state index contributed by atoms with van der Waals surface area (Å²) in [7, 11) is 0. The van der Waals surface area contributed by atoms with E-state index in [-0.39, 0.29) is 0 Å². The highest BCUT2D eigenvalue weighted by atomic mass is 35.5. The average molecular weight is 332 g/mol. The van der Waals surface area contributed by atoms with E-state index >= 15 is 0 Å². The van der Waals surface area contributed by atoms with Crippen LogP contribution in [0.5, 0.6) is 0 Å². The number of H-pyrrole nitrogens is 1. The summed E-state index contributed by atoms with van der Waals surface area (Å²) in [5.41, 5.74) is 4.17. The van der Waals surface area contributed by atoms with Crippen LogP contribution in [0.25, 0.3) is 21.9 Å². The Bertz CT molecular complexity index is 771. The van der Waals surface area contributed by atoms with E-state index in [9.17, 15) is 0 Å². The van der Waals surface area contributed by atoms with Gasteiger partial charge in [-0.2, -0.15) is 0 Å². The first-order valence-electron chi connectivity index (χ1n) is 8.16. The van der Waals surface area contributed by atoms with Crippen molar-refractivity contribution in [2.24, 2.45) is 0 Å². The maximum absolute atomic E-state index is 5.64. The molecule has 122 valence electrons. The van der Waals surface area contributed by atoms with Gasteiger partial charge in [0.05, 0.1) is 28.6 Å². The molecule has 0 saturated heterocycles. The molecule has 0 saturated carbocycles. The highest BCUT2D eigenvalue weighted by molar-refractivity contribution is 6.17. The SMILES string of the molecule is CC(CCCOCCCCl)c1nc2ccccc2c2nc[nH]c12. The number of halogens is 1. The second kappa shape index (κ2) is 7.75. The number of hydrogen-bond donors (Lipinski definition) is 1. The monoisotopic (exact) mass is 331 g/mol. The summed E-state index contributed by atoms with van der Waals surface area (Å²) in [5.74, 6) is 1.02. The second-order valence-corrected chi connectivity index (χ2v) is 6.22. The molecule has 0 aliphatic carbocycles. The van der Waals surface area contributed by atoms with E-state index in [1.807, 2.05) is 12.1 Å². The van der Waals surface area contributed by atoms with Crippen LogP contribution in [-0.2, 0) is 4.74 Å². The molecule has 3 aromatic rings. The Balaban J connectivity index is 1.74. The normalized spacial score (nSPS) is 13.0. The molecule has 0 aliphatic heterocycles. The minimum atomic E-state index is 0.360. The first-order valence-corrected chi connectivity index (χ1v) is 8.70. The summed E-state index contributed by atoms with van der Waals surface area (Å²) >= 11 is 5.64. The highest BCUT2D eigenvalue weighted by Gasteiger charge is 2.15. The van der Waals surface area contributed by atoms with Crippen LogP contribution in [0.15, 0.2) is 30.6 Å². The Kier molecular flexibility index (Phi) is 5.47. The minimum absolute atomic E-state index is 0.360. The number of hydrogen-bond acceptors (Lipinski definition) is 3. The number of imidazole rings is 1. The first-order chi connectivity index (χ1) is 11.3. The van der Waals surface area contributed by atoms with Crippen LogP contribution in [-0.4, -0.2) is 34.0 Å². The lowest BCUT2D eigenvalue weighted by Gasteiger charge is -2.13. The third kappa shape index (κ3) is 3.65. The van der Waals surface area contributed by atoms with Gasteiger partial charge < -0.3 is 9.72 Å². The van der Waals surface area contributed by atoms with Crippen LogP contribution in [0, 0.1) is 0 Å². The van der Waals surface area contributed by atoms with Gasteiger partial charge in [0.25, 0.3) is 0 Å². The number of aromatic amines is 1. The molecule has 4 nitrogen and oxygen atoms in total. The van der Waals surface area contributed by atoms with Gasteiger partial charge in [0.1, 0.15) is 0 Å². The molecule has 0 aliphatic rings. The third-order valence-electron chi connectivity index (χ3n) is 4.11. The average Bonchev–Trinajstić information content (AvgIpc) is 3.07. The van der Waals surface area contributed by atoms with Crippen molar-refractivity contribution in [3.05, 3.63) is 36.3 Å². The fraction of sp³-hybridized carbons (Fsp3) is 0.444. The zero-order chi connectivity index (χ0) is 16.1. The molecule has 23 heavy (non-hydrogen) atoms. The van der Waals surface area contributed by atoms with E-state index in [1.165, 1.54) is 0 Å². The van der Waals surface area contributed by atoms with Gasteiger partial charge in [-0.3, -0.25) is 4.98 Å². The number of rotatable bonds is 8. The first kappa shape index (κ1) is 16.2. The molecule has 0 bridgehead atoms. The van der Waals surface area contributed by atoms with Crippen molar-refractivity contribution < 1.29 is 4.74 Å². The van der Waals surface area contributed by atoms with Gasteiger partial charge in [0.15, 0.2) is 0 Å². The van der Waals surface area contributed by atoms with Crippen LogP contribution >= 0.6 is 11.6 Å². The zero-order valence-corrected chi connectivity index (χ0v) is 14.1. The Labute approximate surface area is 141 Å². The molecule has 0 amide bonds. The van der Waals surface area contributed by atoms with Crippen molar-refractivity contribution in [3.8, 4) is 0 Å². The number of para-hydroxylation sites is 1. The van der Waals surface area contributed by atoms with Crippen molar-refractivity contribution in [2.75, 3.05) is 19.1 Å². The predicted octanol–water partition coefficient (Wildman–Crippen LogP) is 4.64. The molecular formula is C18H22ClN3O. The Morgan fingerprint density at radius 1 is 1.22 bits per heavy atom. The summed E-state index contributed by atoms with van der Waals surface area (Å²) in [6.07, 6.45) is 4.73. The van der Waals surface area contributed by atoms with Crippen LogP contribution in [0.3, 0.4) is 0 Å². The Hall–Kier alpha value is -1.65. The van der Waals surface area contributed by atoms with Gasteiger partial charge >= 0.3 is 0 Å². The van der Waals surface area contributed by atoms with Crippen molar-refractivity contribution in [1.29, 1.82) is 0 Å². The predicted molar refractivity (Wildman–Crippen MR) is 95.2 cm³/mol. The maximum Gasteiger partial charge on any atom is 0.0995 e. The van der Waals surface area contributed by atoms with Gasteiger partial charge in [-0.25, -0.2) is 4.98 Å². The standard InChI is InChI=1S/C18H22ClN3O/c1-13(6-4-10-23-11-5-9-19)16-18-17(20-12-21-18)14-7-2-3-8-15(14)22-16/h2-3,7-8,12-13H,4-6,9-11H2,1H3,(H,20,21). The summed E-state index contributed by atoms with van der Waals surface area (Å²) < 4.78 is 5.58. The summed E-state index contributed by atoms with van der Waals surface area (Å²) in [6.45, 7) is 3.74. The van der Waals surface area contributed by atoms with E-state index in [2.05, 4.69) is 29.0 Å². The molecule has 0 spiro atoms. The van der Waals surface area contributed by atoms with Gasteiger partial charge in [-0.15, -0.1) is 11.6 Å². The highest BCUT2D eigenvalue weighted by Crippen LogP contribution is 2.29. The number of ether oxygens (including phenoxy) is 1. The second-order valence-electron chi connectivity index (χ2n) is 5.84. The molecule has 0 fully saturated rings. The fourth-order valence-corrected chi connectivity index (χ4v) is 3.00. The molecule has 1 N–H and O–H groups in total. The fourth-order valence-electron chi connectivity index (χ4n) is 2.89. The lowest BCUT2D eigenvalue weighted by atomic mass is 9.99. The van der Waals surface area contributed by atoms with Crippen molar-refractivity contribution in [1.82, 2.24) is 15.0 Å². The van der Waals surface area contributed by atoms with E-state index in [1.54, 1.807) is 6.33 Å². The molecule has 2 aromatic heterocycles. The van der Waals surface area contributed by atoms with Crippen LogP contribution in [0.4, 0.5) is 0 Å². The van der Waals surface area contributed by atoms with Gasteiger partial charge in [0.2, 0.25) is 0 Å². The van der Waals surface area contributed by atoms with Crippen molar-refractivity contribution in [2.45, 2.75) is 32.1 Å². The van der Waals surface area contributed by atoms with Crippen LogP contribution < -0.4 is 0 Å². The van der Waals surface area contributed by atoms with Crippen LogP contribution in [0.2, 0.25) is 0 Å². The van der Waals surface area contributed by atoms with E-state index in [4.69, 9.17) is 21.3 Å². The lowest BCUT2D eigenvalue weighted by molar-refractivity contribution is 0.130. The van der Waals surface area contributed by atoms with E-state index in [0.29, 0.717) is 11.8 Å². The molecule has 1 aromatic carbocycles. The largest absolute Gasteiger partial charge is 0.381 e. The quantitative estimate of drug-likeness (QED) is 0.483. The number of fused-ring (bicyclic) bond motifs is 3. The summed E-state index contributed by atoms with van der Waals surface area (Å²) in [6, 6.07) is 8.17. The molecule has 3 rings (SSSR count). The number of nitrogens with zero attached hydrogens (tertiary/aromatic N) is 2. The van der Waals surface area contributed by atoms with Crippen molar-refractivity contribution in [3.63, 3.8) is 0 Å². The molecule has 1 atom stereocenters. The zero-order valence-electron chi connectivity index (χ0n) is 13.4. The number of alkyl halides is 1. The lowest BCUT2D eigenvalue weighted by Crippen LogP contribution is -2.03. The van der Waals surface area contributed by atoms with E-state index < -0.39 is 0 Å². The molecule has 0 radical (unpaired) electrons. The van der Waals surface area contributed by atoms with Crippen molar-refractivity contribution >= 4 is 33.5 Å². The van der Waals surface area contributed by atoms with E-state index in [0.717, 1.165) is 60.1 Å². The summed E-state index contributed by atoms with van der Waals surface area (Å²) in [5, 5.41) is 1.10. The van der Waals surface area contributed by atoms with Gasteiger partial charge in [0, 0.05) is 30.4 Å². The number of nitrogens with one attached hydrogen (secondary N) is 1. The molecular weight excluding hydrogens is 310 g/mol. The number of pyridine rings is 1. The maximum atomic E-state index is 5.64. The number of aromatic nitrogens is 3. The van der Waals surface area contributed by atoms with Crippen LogP contribution in [0.1, 0.15) is 37.8 Å². The number of benzene rings is 1. The topological polar surface area (TPSA) is 50.8 Å². The Morgan fingerprint density at radius 3 is 2.91 bits per heavy atom. The minimum Gasteiger partial charge on any atom is -0.381 e. The Morgan fingerprint density at radius 2 is 2.04 bits per heavy atom.